The Morgan fingerprint density at radius 1 is 1.19 bits per heavy atom. The lowest BCUT2D eigenvalue weighted by molar-refractivity contribution is -0.115. The average Bonchev–Trinajstić information content (AvgIpc) is 2.66. The zero-order chi connectivity index (χ0) is 19.4. The van der Waals surface area contributed by atoms with Crippen LogP contribution in [0.15, 0.2) is 58.5 Å². The third kappa shape index (κ3) is 4.39. The highest BCUT2D eigenvalue weighted by molar-refractivity contribution is 8.00. The van der Waals surface area contributed by atoms with Crippen LogP contribution in [0.2, 0.25) is 0 Å². The Morgan fingerprint density at radius 2 is 1.89 bits per heavy atom. The molecule has 0 aliphatic rings. The van der Waals surface area contributed by atoms with Crippen LogP contribution in [0, 0.1) is 6.92 Å². The molecule has 3 rings (SSSR count). The molecule has 27 heavy (non-hydrogen) atoms. The molecule has 0 unspecified atom stereocenters. The quantitative estimate of drug-likeness (QED) is 0.512. The first-order valence-corrected chi connectivity index (χ1v) is 9.91. The SMILES string of the molecule is CCCn1c(S[C@@H](C)C(=O)Nc2ccc(C)cc2)nc2ccccc2c1=O. The molecule has 0 bridgehead atoms. The van der Waals surface area contributed by atoms with Crippen LogP contribution in [-0.4, -0.2) is 20.7 Å². The Bertz CT molecular complexity index is 1010. The summed E-state index contributed by atoms with van der Waals surface area (Å²) in [5, 5.41) is 3.71. The lowest BCUT2D eigenvalue weighted by Gasteiger charge is -2.16. The van der Waals surface area contributed by atoms with Gasteiger partial charge < -0.3 is 5.32 Å². The standard InChI is InChI=1S/C21H23N3O2S/c1-4-13-24-20(26)17-7-5-6-8-18(17)23-21(24)27-15(3)19(25)22-16-11-9-14(2)10-12-16/h5-12,15H,4,13H2,1-3H3,(H,22,25)/t15-/m0/s1. The van der Waals surface area contributed by atoms with E-state index in [2.05, 4.69) is 10.3 Å². The van der Waals surface area contributed by atoms with Crippen molar-refractivity contribution in [3.8, 4) is 0 Å². The van der Waals surface area contributed by atoms with E-state index >= 15 is 0 Å². The normalized spacial score (nSPS) is 12.1. The summed E-state index contributed by atoms with van der Waals surface area (Å²) in [5.41, 5.74) is 2.49. The lowest BCUT2D eigenvalue weighted by Crippen LogP contribution is -2.27. The third-order valence-electron chi connectivity index (χ3n) is 4.24. The highest BCUT2D eigenvalue weighted by atomic mass is 32.2. The van der Waals surface area contributed by atoms with Crippen molar-refractivity contribution in [3.05, 3.63) is 64.4 Å². The molecule has 0 saturated carbocycles. The number of hydrogen-bond donors (Lipinski definition) is 1. The van der Waals surface area contributed by atoms with Gasteiger partial charge in [-0.05, 0) is 44.5 Å². The minimum Gasteiger partial charge on any atom is -0.325 e. The largest absolute Gasteiger partial charge is 0.325 e. The first kappa shape index (κ1) is 19.2. The Hall–Kier alpha value is -2.60. The first-order chi connectivity index (χ1) is 13.0. The van der Waals surface area contributed by atoms with E-state index in [0.29, 0.717) is 22.6 Å². The first-order valence-electron chi connectivity index (χ1n) is 9.03. The van der Waals surface area contributed by atoms with Crippen molar-refractivity contribution in [3.63, 3.8) is 0 Å². The summed E-state index contributed by atoms with van der Waals surface area (Å²) in [6.07, 6.45) is 0.817. The van der Waals surface area contributed by atoms with Gasteiger partial charge in [0.1, 0.15) is 0 Å². The van der Waals surface area contributed by atoms with Gasteiger partial charge in [0.25, 0.3) is 5.56 Å². The van der Waals surface area contributed by atoms with Gasteiger partial charge in [0.05, 0.1) is 16.2 Å². The van der Waals surface area contributed by atoms with Crippen LogP contribution in [0.5, 0.6) is 0 Å². The van der Waals surface area contributed by atoms with Gasteiger partial charge in [-0.15, -0.1) is 0 Å². The number of hydrogen-bond acceptors (Lipinski definition) is 4. The van der Waals surface area contributed by atoms with E-state index in [-0.39, 0.29) is 16.7 Å². The molecule has 3 aromatic rings. The lowest BCUT2D eigenvalue weighted by atomic mass is 10.2. The van der Waals surface area contributed by atoms with Crippen LogP contribution >= 0.6 is 11.8 Å². The summed E-state index contributed by atoms with van der Waals surface area (Å²) in [4.78, 5) is 30.0. The Kier molecular flexibility index (Phi) is 5.96. The summed E-state index contributed by atoms with van der Waals surface area (Å²) < 4.78 is 1.67. The second-order valence-electron chi connectivity index (χ2n) is 6.48. The number of amides is 1. The summed E-state index contributed by atoms with van der Waals surface area (Å²) in [7, 11) is 0. The molecule has 6 heteroatoms. The van der Waals surface area contributed by atoms with Crippen molar-refractivity contribution >= 4 is 34.3 Å². The van der Waals surface area contributed by atoms with Gasteiger partial charge in [-0.2, -0.15) is 0 Å². The Morgan fingerprint density at radius 3 is 2.59 bits per heavy atom. The van der Waals surface area contributed by atoms with Gasteiger partial charge in [-0.1, -0.05) is 48.5 Å². The van der Waals surface area contributed by atoms with Crippen molar-refractivity contribution in [2.45, 2.75) is 44.1 Å². The van der Waals surface area contributed by atoms with Crippen LogP contribution in [0.4, 0.5) is 5.69 Å². The van der Waals surface area contributed by atoms with Crippen molar-refractivity contribution in [1.82, 2.24) is 9.55 Å². The molecule has 1 amide bonds. The number of para-hydroxylation sites is 1. The summed E-state index contributed by atoms with van der Waals surface area (Å²) in [6.45, 7) is 6.42. The number of nitrogens with one attached hydrogen (secondary N) is 1. The van der Waals surface area contributed by atoms with Gasteiger partial charge in [0, 0.05) is 12.2 Å². The fourth-order valence-electron chi connectivity index (χ4n) is 2.75. The van der Waals surface area contributed by atoms with Crippen LogP contribution in [0.3, 0.4) is 0 Å². The van der Waals surface area contributed by atoms with Crippen molar-refractivity contribution in [2.75, 3.05) is 5.32 Å². The Labute approximate surface area is 162 Å². The molecule has 2 aromatic carbocycles. The molecule has 1 heterocycles. The molecule has 0 aliphatic heterocycles. The molecule has 0 aliphatic carbocycles. The van der Waals surface area contributed by atoms with Crippen LogP contribution in [0.1, 0.15) is 25.8 Å². The molecule has 1 atom stereocenters. The molecule has 0 radical (unpaired) electrons. The number of benzene rings is 2. The van der Waals surface area contributed by atoms with Crippen LogP contribution < -0.4 is 10.9 Å². The van der Waals surface area contributed by atoms with Gasteiger partial charge in [0.2, 0.25) is 5.91 Å². The third-order valence-corrected chi connectivity index (χ3v) is 5.33. The maximum absolute atomic E-state index is 12.8. The molecular weight excluding hydrogens is 358 g/mol. The average molecular weight is 382 g/mol. The van der Waals surface area contributed by atoms with Gasteiger partial charge in [-0.3, -0.25) is 14.2 Å². The smallest absolute Gasteiger partial charge is 0.262 e. The monoisotopic (exact) mass is 381 g/mol. The fourth-order valence-corrected chi connectivity index (χ4v) is 3.69. The highest BCUT2D eigenvalue weighted by Crippen LogP contribution is 2.24. The number of aromatic nitrogens is 2. The fraction of sp³-hybridized carbons (Fsp3) is 0.286. The van der Waals surface area contributed by atoms with E-state index < -0.39 is 0 Å². The number of fused-ring (bicyclic) bond motifs is 1. The summed E-state index contributed by atoms with van der Waals surface area (Å²) in [5.74, 6) is -0.116. The maximum Gasteiger partial charge on any atom is 0.262 e. The van der Waals surface area contributed by atoms with E-state index in [1.807, 2.05) is 63.2 Å². The van der Waals surface area contributed by atoms with Crippen molar-refractivity contribution in [1.29, 1.82) is 0 Å². The zero-order valence-corrected chi connectivity index (χ0v) is 16.5. The number of carbonyl (C=O) groups is 1. The predicted molar refractivity (Wildman–Crippen MR) is 111 cm³/mol. The number of nitrogens with zero attached hydrogens (tertiary/aromatic N) is 2. The minimum absolute atomic E-state index is 0.0592. The maximum atomic E-state index is 12.8. The van der Waals surface area contributed by atoms with E-state index in [1.165, 1.54) is 11.8 Å². The summed E-state index contributed by atoms with van der Waals surface area (Å²) in [6, 6.07) is 15.0. The van der Waals surface area contributed by atoms with Crippen LogP contribution in [-0.2, 0) is 11.3 Å². The van der Waals surface area contributed by atoms with Crippen molar-refractivity contribution < 1.29 is 4.79 Å². The molecule has 0 saturated heterocycles. The molecule has 0 spiro atoms. The number of thioether (sulfide) groups is 1. The zero-order valence-electron chi connectivity index (χ0n) is 15.7. The predicted octanol–water partition coefficient (Wildman–Crippen LogP) is 4.23. The van der Waals surface area contributed by atoms with Crippen LogP contribution in [0.25, 0.3) is 10.9 Å². The summed E-state index contributed by atoms with van der Waals surface area (Å²) >= 11 is 1.31. The number of rotatable bonds is 6. The topological polar surface area (TPSA) is 64.0 Å². The molecular formula is C21H23N3O2S. The van der Waals surface area contributed by atoms with Gasteiger partial charge in [0.15, 0.2) is 5.16 Å². The molecule has 1 aromatic heterocycles. The minimum atomic E-state index is -0.387. The molecule has 5 nitrogen and oxygen atoms in total. The number of anilines is 1. The Balaban J connectivity index is 1.85. The van der Waals surface area contributed by atoms with Gasteiger partial charge >= 0.3 is 0 Å². The second kappa shape index (κ2) is 8.39. The van der Waals surface area contributed by atoms with E-state index in [4.69, 9.17) is 0 Å². The van der Waals surface area contributed by atoms with Crippen molar-refractivity contribution in [2.24, 2.45) is 0 Å². The van der Waals surface area contributed by atoms with Gasteiger partial charge in [-0.25, -0.2) is 4.98 Å². The number of aryl methyl sites for hydroxylation is 1. The number of carbonyl (C=O) groups excluding carboxylic acids is 1. The highest BCUT2D eigenvalue weighted by Gasteiger charge is 2.19. The van der Waals surface area contributed by atoms with E-state index in [9.17, 15) is 9.59 Å². The second-order valence-corrected chi connectivity index (χ2v) is 7.79. The van der Waals surface area contributed by atoms with E-state index in [0.717, 1.165) is 17.7 Å². The molecule has 140 valence electrons. The molecule has 1 N–H and O–H groups in total. The molecule has 0 fully saturated rings. The van der Waals surface area contributed by atoms with E-state index in [1.54, 1.807) is 10.6 Å².